The highest BCUT2D eigenvalue weighted by Crippen LogP contribution is 2.39. The molecule has 0 amide bonds. The van der Waals surface area contributed by atoms with Crippen LogP contribution in [0.3, 0.4) is 0 Å². The van der Waals surface area contributed by atoms with Crippen molar-refractivity contribution in [1.82, 2.24) is 20.2 Å². The zero-order valence-corrected chi connectivity index (χ0v) is 14.3. The minimum absolute atomic E-state index is 0.438. The van der Waals surface area contributed by atoms with Crippen molar-refractivity contribution in [2.24, 2.45) is 0 Å². The first-order valence-corrected chi connectivity index (χ1v) is 9.17. The monoisotopic (exact) mass is 338 g/mol. The van der Waals surface area contributed by atoms with E-state index < -0.39 is 0 Å². The van der Waals surface area contributed by atoms with Crippen LogP contribution in [0.15, 0.2) is 29.9 Å². The van der Waals surface area contributed by atoms with Gasteiger partial charge in [0, 0.05) is 26.1 Å². The molecule has 122 valence electrons. The van der Waals surface area contributed by atoms with E-state index in [-0.39, 0.29) is 0 Å². The van der Waals surface area contributed by atoms with Crippen molar-refractivity contribution < 1.29 is 0 Å². The van der Waals surface area contributed by atoms with Gasteiger partial charge in [0.1, 0.15) is 17.0 Å². The quantitative estimate of drug-likeness (QED) is 0.729. The molecule has 3 aromatic heterocycles. The Morgan fingerprint density at radius 1 is 1.12 bits per heavy atom. The average molecular weight is 338 g/mol. The summed E-state index contributed by atoms with van der Waals surface area (Å²) in [6.07, 6.45) is 4.18. The van der Waals surface area contributed by atoms with Gasteiger partial charge in [0.05, 0.1) is 17.1 Å². The fourth-order valence-corrected chi connectivity index (χ4v) is 3.95. The fourth-order valence-electron chi connectivity index (χ4n) is 3.22. The van der Waals surface area contributed by atoms with E-state index in [1.54, 1.807) is 17.7 Å². The standard InChI is InChI=1S/C17H18N6S/c1-22(16-13-6-7-24-17(13)19-10-18-16)12-8-23(9-12)15-5-4-14(20-21-15)11-2-3-11/h4-7,10-12H,2-3,8-9H2,1H3. The van der Waals surface area contributed by atoms with Crippen LogP contribution in [-0.2, 0) is 0 Å². The van der Waals surface area contributed by atoms with Gasteiger partial charge in [0.15, 0.2) is 5.82 Å². The Bertz CT molecular complexity index is 866. The average Bonchev–Trinajstić information content (AvgIpc) is 3.30. The number of anilines is 2. The maximum absolute atomic E-state index is 4.49. The highest BCUT2D eigenvalue weighted by atomic mass is 32.1. The van der Waals surface area contributed by atoms with Crippen LogP contribution in [0.2, 0.25) is 0 Å². The second kappa shape index (κ2) is 5.37. The van der Waals surface area contributed by atoms with Crippen LogP contribution in [0.5, 0.6) is 0 Å². The van der Waals surface area contributed by atoms with Crippen molar-refractivity contribution in [3.63, 3.8) is 0 Å². The van der Waals surface area contributed by atoms with Crippen LogP contribution in [0, 0.1) is 0 Å². The van der Waals surface area contributed by atoms with Crippen molar-refractivity contribution in [3.8, 4) is 0 Å². The maximum Gasteiger partial charge on any atom is 0.151 e. The van der Waals surface area contributed by atoms with Gasteiger partial charge in [-0.25, -0.2) is 9.97 Å². The Morgan fingerprint density at radius 3 is 2.75 bits per heavy atom. The second-order valence-electron chi connectivity index (χ2n) is 6.60. The summed E-state index contributed by atoms with van der Waals surface area (Å²) < 4.78 is 0. The SMILES string of the molecule is CN(c1ncnc2sccc12)C1CN(c2ccc(C3CC3)nn2)C1. The van der Waals surface area contributed by atoms with Gasteiger partial charge in [-0.1, -0.05) is 0 Å². The molecule has 0 atom stereocenters. The van der Waals surface area contributed by atoms with E-state index >= 15 is 0 Å². The summed E-state index contributed by atoms with van der Waals surface area (Å²) in [5, 5.41) is 12.0. The summed E-state index contributed by atoms with van der Waals surface area (Å²) in [7, 11) is 2.11. The Morgan fingerprint density at radius 2 is 2.00 bits per heavy atom. The highest BCUT2D eigenvalue weighted by Gasteiger charge is 2.33. The molecule has 1 saturated carbocycles. The number of nitrogens with zero attached hydrogens (tertiary/aromatic N) is 6. The van der Waals surface area contributed by atoms with E-state index in [9.17, 15) is 0 Å². The van der Waals surface area contributed by atoms with Gasteiger partial charge in [0.2, 0.25) is 0 Å². The van der Waals surface area contributed by atoms with Crippen LogP contribution >= 0.6 is 11.3 Å². The summed E-state index contributed by atoms with van der Waals surface area (Å²) in [6, 6.07) is 6.78. The van der Waals surface area contributed by atoms with Gasteiger partial charge in [-0.3, -0.25) is 0 Å². The summed E-state index contributed by atoms with van der Waals surface area (Å²) in [5.41, 5.74) is 1.15. The van der Waals surface area contributed by atoms with Gasteiger partial charge in [0.25, 0.3) is 0 Å². The van der Waals surface area contributed by atoms with Crippen LogP contribution < -0.4 is 9.80 Å². The molecule has 1 aliphatic heterocycles. The van der Waals surface area contributed by atoms with Gasteiger partial charge >= 0.3 is 0 Å². The van der Waals surface area contributed by atoms with Gasteiger partial charge in [-0.05, 0) is 36.4 Å². The Labute approximate surface area is 144 Å². The number of thiophene rings is 1. The van der Waals surface area contributed by atoms with Gasteiger partial charge < -0.3 is 9.80 Å². The third kappa shape index (κ3) is 2.31. The summed E-state index contributed by atoms with van der Waals surface area (Å²) >= 11 is 1.66. The van der Waals surface area contributed by atoms with Crippen LogP contribution in [-0.4, -0.2) is 46.3 Å². The summed E-state index contributed by atoms with van der Waals surface area (Å²) in [4.78, 5) is 14.4. The Hall–Kier alpha value is -2.28. The molecular weight excluding hydrogens is 320 g/mol. The molecule has 0 radical (unpaired) electrons. The van der Waals surface area contributed by atoms with Crippen molar-refractivity contribution in [2.45, 2.75) is 24.8 Å². The predicted molar refractivity (Wildman–Crippen MR) is 95.8 cm³/mol. The lowest BCUT2D eigenvalue weighted by Gasteiger charge is -2.44. The lowest BCUT2D eigenvalue weighted by molar-refractivity contribution is 0.488. The van der Waals surface area contributed by atoms with E-state index in [0.717, 1.165) is 40.6 Å². The van der Waals surface area contributed by atoms with Crippen LogP contribution in [0.1, 0.15) is 24.5 Å². The molecule has 2 fully saturated rings. The van der Waals surface area contributed by atoms with E-state index in [0.29, 0.717) is 12.0 Å². The molecule has 0 unspecified atom stereocenters. The minimum Gasteiger partial charge on any atom is -0.352 e. The van der Waals surface area contributed by atoms with Crippen molar-refractivity contribution >= 4 is 33.2 Å². The van der Waals surface area contributed by atoms with E-state index in [1.807, 2.05) is 0 Å². The highest BCUT2D eigenvalue weighted by molar-refractivity contribution is 7.16. The topological polar surface area (TPSA) is 58.0 Å². The second-order valence-corrected chi connectivity index (χ2v) is 7.49. The normalized spacial score (nSPS) is 18.0. The van der Waals surface area contributed by atoms with Gasteiger partial charge in [-0.15, -0.1) is 16.4 Å². The largest absolute Gasteiger partial charge is 0.352 e. The molecule has 7 heteroatoms. The molecule has 5 rings (SSSR count). The number of likely N-dealkylation sites (N-methyl/N-ethyl adjacent to an activating group) is 1. The molecule has 24 heavy (non-hydrogen) atoms. The number of hydrogen-bond donors (Lipinski definition) is 0. The first-order valence-electron chi connectivity index (χ1n) is 8.29. The predicted octanol–water partition coefficient (Wildman–Crippen LogP) is 2.68. The maximum atomic E-state index is 4.49. The molecule has 3 aromatic rings. The Kier molecular flexibility index (Phi) is 3.16. The summed E-state index contributed by atoms with van der Waals surface area (Å²) in [5.74, 6) is 2.65. The number of hydrogen-bond acceptors (Lipinski definition) is 7. The molecule has 4 heterocycles. The van der Waals surface area contributed by atoms with E-state index in [1.165, 1.54) is 12.8 Å². The molecule has 0 N–H and O–H groups in total. The first-order chi connectivity index (χ1) is 11.8. The minimum atomic E-state index is 0.438. The Balaban J connectivity index is 1.29. The molecule has 2 aliphatic rings. The van der Waals surface area contributed by atoms with Crippen LogP contribution in [0.25, 0.3) is 10.2 Å². The van der Waals surface area contributed by atoms with E-state index in [2.05, 4.69) is 60.6 Å². The van der Waals surface area contributed by atoms with Crippen LogP contribution in [0.4, 0.5) is 11.6 Å². The lowest BCUT2D eigenvalue weighted by Crippen LogP contribution is -2.59. The number of rotatable bonds is 4. The smallest absolute Gasteiger partial charge is 0.151 e. The summed E-state index contributed by atoms with van der Waals surface area (Å²) in [6.45, 7) is 1.90. The van der Waals surface area contributed by atoms with Crippen molar-refractivity contribution in [3.05, 3.63) is 35.6 Å². The van der Waals surface area contributed by atoms with Crippen molar-refractivity contribution in [1.29, 1.82) is 0 Å². The molecule has 1 saturated heterocycles. The zero-order valence-electron chi connectivity index (χ0n) is 13.5. The van der Waals surface area contributed by atoms with Gasteiger partial charge in [-0.2, -0.15) is 5.10 Å². The third-order valence-corrected chi connectivity index (χ3v) is 5.80. The van der Waals surface area contributed by atoms with E-state index in [4.69, 9.17) is 0 Å². The van der Waals surface area contributed by atoms with Crippen molar-refractivity contribution in [2.75, 3.05) is 29.9 Å². The fraction of sp³-hybridized carbons (Fsp3) is 0.412. The molecular formula is C17H18N6S. The molecule has 0 spiro atoms. The zero-order chi connectivity index (χ0) is 16.1. The lowest BCUT2D eigenvalue weighted by atomic mass is 10.1. The molecule has 6 nitrogen and oxygen atoms in total. The first kappa shape index (κ1) is 14.1. The number of fused-ring (bicyclic) bond motifs is 1. The molecule has 0 bridgehead atoms. The molecule has 0 aromatic carbocycles. The third-order valence-electron chi connectivity index (χ3n) is 4.98. The number of aromatic nitrogens is 4. The molecule has 1 aliphatic carbocycles.